The van der Waals surface area contributed by atoms with Crippen molar-refractivity contribution in [1.29, 1.82) is 0 Å². The number of ether oxygens (including phenoxy) is 2. The van der Waals surface area contributed by atoms with Crippen molar-refractivity contribution >= 4 is 0 Å². The summed E-state index contributed by atoms with van der Waals surface area (Å²) in [7, 11) is 1.80. The van der Waals surface area contributed by atoms with Gasteiger partial charge in [0.25, 0.3) is 0 Å². The first-order chi connectivity index (χ1) is 10.2. The zero-order chi connectivity index (χ0) is 15.1. The molecule has 1 aromatic rings. The van der Waals surface area contributed by atoms with Crippen molar-refractivity contribution < 1.29 is 9.47 Å². The van der Waals surface area contributed by atoms with Gasteiger partial charge in [-0.25, -0.2) is 0 Å². The first-order valence-electron chi connectivity index (χ1n) is 7.89. The molecule has 1 heterocycles. The SMILES string of the molecule is COC1CCN(CCCOc2cccc(C)c2)C(CN)C1. The molecule has 0 spiro atoms. The van der Waals surface area contributed by atoms with Crippen molar-refractivity contribution in [2.75, 3.05) is 33.4 Å². The van der Waals surface area contributed by atoms with Gasteiger partial charge in [0.05, 0.1) is 12.7 Å². The second-order valence-corrected chi connectivity index (χ2v) is 5.83. The lowest BCUT2D eigenvalue weighted by molar-refractivity contribution is 0.0119. The molecule has 0 amide bonds. The summed E-state index contributed by atoms with van der Waals surface area (Å²) in [5.41, 5.74) is 7.13. The number of likely N-dealkylation sites (tertiary alicyclic amines) is 1. The predicted octanol–water partition coefficient (Wildman–Crippen LogP) is 2.20. The molecule has 1 saturated heterocycles. The number of methoxy groups -OCH3 is 1. The maximum absolute atomic E-state index is 5.89. The Kier molecular flexibility index (Phi) is 6.49. The van der Waals surface area contributed by atoms with Gasteiger partial charge in [-0.3, -0.25) is 4.90 Å². The highest BCUT2D eigenvalue weighted by Gasteiger charge is 2.26. The Bertz CT molecular complexity index is 425. The van der Waals surface area contributed by atoms with Crippen molar-refractivity contribution in [2.24, 2.45) is 5.73 Å². The molecule has 2 atom stereocenters. The smallest absolute Gasteiger partial charge is 0.119 e. The quantitative estimate of drug-likeness (QED) is 0.783. The van der Waals surface area contributed by atoms with Gasteiger partial charge in [-0.15, -0.1) is 0 Å². The van der Waals surface area contributed by atoms with E-state index in [9.17, 15) is 0 Å². The number of hydrogen-bond donors (Lipinski definition) is 1. The van der Waals surface area contributed by atoms with Crippen molar-refractivity contribution in [3.8, 4) is 5.75 Å². The third kappa shape index (κ3) is 4.99. The van der Waals surface area contributed by atoms with Crippen LogP contribution in [0.3, 0.4) is 0 Å². The van der Waals surface area contributed by atoms with Crippen LogP contribution in [0.15, 0.2) is 24.3 Å². The monoisotopic (exact) mass is 292 g/mol. The maximum atomic E-state index is 5.89. The molecule has 2 rings (SSSR count). The number of hydrogen-bond acceptors (Lipinski definition) is 4. The summed E-state index contributed by atoms with van der Waals surface area (Å²) in [5.74, 6) is 0.962. The Morgan fingerprint density at radius 3 is 2.95 bits per heavy atom. The molecule has 0 aliphatic carbocycles. The van der Waals surface area contributed by atoms with Crippen LogP contribution < -0.4 is 10.5 Å². The van der Waals surface area contributed by atoms with E-state index in [1.54, 1.807) is 7.11 Å². The van der Waals surface area contributed by atoms with E-state index in [2.05, 4.69) is 24.0 Å². The summed E-state index contributed by atoms with van der Waals surface area (Å²) >= 11 is 0. The van der Waals surface area contributed by atoms with Crippen LogP contribution in [0, 0.1) is 6.92 Å². The normalized spacial score (nSPS) is 23.2. The third-order valence-electron chi connectivity index (χ3n) is 4.24. The molecular weight excluding hydrogens is 264 g/mol. The summed E-state index contributed by atoms with van der Waals surface area (Å²) in [4.78, 5) is 2.48. The molecule has 4 nitrogen and oxygen atoms in total. The lowest BCUT2D eigenvalue weighted by atomic mass is 9.99. The average Bonchev–Trinajstić information content (AvgIpc) is 2.51. The van der Waals surface area contributed by atoms with Crippen LogP contribution in [0.25, 0.3) is 0 Å². The number of nitrogens with zero attached hydrogens (tertiary/aromatic N) is 1. The highest BCUT2D eigenvalue weighted by Crippen LogP contribution is 2.19. The molecule has 0 aromatic heterocycles. The van der Waals surface area contributed by atoms with E-state index in [1.807, 2.05) is 12.1 Å². The number of nitrogens with two attached hydrogens (primary N) is 1. The molecule has 1 aliphatic rings. The van der Waals surface area contributed by atoms with E-state index >= 15 is 0 Å². The average molecular weight is 292 g/mol. The summed E-state index contributed by atoms with van der Waals surface area (Å²) in [6.07, 6.45) is 3.55. The second kappa shape index (κ2) is 8.37. The summed E-state index contributed by atoms with van der Waals surface area (Å²) < 4.78 is 11.3. The minimum Gasteiger partial charge on any atom is -0.494 e. The van der Waals surface area contributed by atoms with Gasteiger partial charge in [-0.05, 0) is 43.9 Å². The van der Waals surface area contributed by atoms with Crippen molar-refractivity contribution in [2.45, 2.75) is 38.3 Å². The summed E-state index contributed by atoms with van der Waals surface area (Å²) in [5, 5.41) is 0. The van der Waals surface area contributed by atoms with Crippen LogP contribution in [0.4, 0.5) is 0 Å². The van der Waals surface area contributed by atoms with E-state index in [0.29, 0.717) is 18.7 Å². The number of benzene rings is 1. The van der Waals surface area contributed by atoms with Gasteiger partial charge in [0.15, 0.2) is 0 Å². The third-order valence-corrected chi connectivity index (χ3v) is 4.24. The molecule has 2 unspecified atom stereocenters. The number of rotatable bonds is 7. The van der Waals surface area contributed by atoms with Gasteiger partial charge in [-0.1, -0.05) is 12.1 Å². The van der Waals surface area contributed by atoms with Gasteiger partial charge in [0.1, 0.15) is 5.75 Å². The minimum absolute atomic E-state index is 0.373. The molecule has 0 bridgehead atoms. The first-order valence-corrected chi connectivity index (χ1v) is 7.89. The van der Waals surface area contributed by atoms with Crippen molar-refractivity contribution in [1.82, 2.24) is 4.90 Å². The molecule has 0 saturated carbocycles. The van der Waals surface area contributed by atoms with Crippen LogP contribution in [-0.4, -0.2) is 50.4 Å². The predicted molar refractivity (Wildman–Crippen MR) is 85.7 cm³/mol. The van der Waals surface area contributed by atoms with Crippen molar-refractivity contribution in [3.05, 3.63) is 29.8 Å². The van der Waals surface area contributed by atoms with Crippen LogP contribution in [0.5, 0.6) is 5.75 Å². The topological polar surface area (TPSA) is 47.7 Å². The lowest BCUT2D eigenvalue weighted by Gasteiger charge is -2.38. The second-order valence-electron chi connectivity index (χ2n) is 5.83. The Balaban J connectivity index is 1.70. The fourth-order valence-electron chi connectivity index (χ4n) is 2.98. The standard InChI is InChI=1S/C17H28N2O2/c1-14-5-3-6-17(11-14)21-10-4-8-19-9-7-16(20-2)12-15(19)13-18/h3,5-6,11,15-16H,4,7-10,12-13,18H2,1-2H3. The van der Waals surface area contributed by atoms with E-state index in [4.69, 9.17) is 15.2 Å². The molecule has 2 N–H and O–H groups in total. The van der Waals surface area contributed by atoms with Gasteiger partial charge in [0.2, 0.25) is 0 Å². The highest BCUT2D eigenvalue weighted by molar-refractivity contribution is 5.27. The molecule has 1 aromatic carbocycles. The van der Waals surface area contributed by atoms with Crippen LogP contribution in [0.2, 0.25) is 0 Å². The van der Waals surface area contributed by atoms with E-state index < -0.39 is 0 Å². The van der Waals surface area contributed by atoms with E-state index in [-0.39, 0.29) is 0 Å². The van der Waals surface area contributed by atoms with Crippen molar-refractivity contribution in [3.63, 3.8) is 0 Å². The van der Waals surface area contributed by atoms with Crippen LogP contribution in [-0.2, 0) is 4.74 Å². The largest absolute Gasteiger partial charge is 0.494 e. The summed E-state index contributed by atoms with van der Waals surface area (Å²) in [6.45, 7) is 5.66. The number of piperidine rings is 1. The molecule has 4 heteroatoms. The fourth-order valence-corrected chi connectivity index (χ4v) is 2.98. The molecule has 1 fully saturated rings. The molecule has 118 valence electrons. The Morgan fingerprint density at radius 2 is 2.24 bits per heavy atom. The van der Waals surface area contributed by atoms with Gasteiger partial charge >= 0.3 is 0 Å². The zero-order valence-corrected chi connectivity index (χ0v) is 13.3. The Hall–Kier alpha value is -1.10. The van der Waals surface area contributed by atoms with Crippen LogP contribution >= 0.6 is 0 Å². The van der Waals surface area contributed by atoms with E-state index in [0.717, 1.165) is 44.7 Å². The highest BCUT2D eigenvalue weighted by atomic mass is 16.5. The minimum atomic E-state index is 0.373. The van der Waals surface area contributed by atoms with Crippen LogP contribution in [0.1, 0.15) is 24.8 Å². The van der Waals surface area contributed by atoms with E-state index in [1.165, 1.54) is 5.56 Å². The maximum Gasteiger partial charge on any atom is 0.119 e. The molecular formula is C17H28N2O2. The zero-order valence-electron chi connectivity index (χ0n) is 13.3. The first kappa shape index (κ1) is 16.3. The number of aryl methyl sites for hydroxylation is 1. The van der Waals surface area contributed by atoms with Gasteiger partial charge < -0.3 is 15.2 Å². The lowest BCUT2D eigenvalue weighted by Crippen LogP contribution is -2.48. The fraction of sp³-hybridized carbons (Fsp3) is 0.647. The Labute approximate surface area is 128 Å². The molecule has 21 heavy (non-hydrogen) atoms. The molecule has 0 radical (unpaired) electrons. The Morgan fingerprint density at radius 1 is 1.38 bits per heavy atom. The molecule has 1 aliphatic heterocycles. The van der Waals surface area contributed by atoms with Gasteiger partial charge in [0, 0.05) is 32.8 Å². The summed E-state index contributed by atoms with van der Waals surface area (Å²) in [6, 6.07) is 8.65. The van der Waals surface area contributed by atoms with Gasteiger partial charge in [-0.2, -0.15) is 0 Å².